The van der Waals surface area contributed by atoms with Crippen molar-refractivity contribution in [1.82, 2.24) is 4.98 Å². The van der Waals surface area contributed by atoms with Crippen LogP contribution in [-0.2, 0) is 0 Å². The van der Waals surface area contributed by atoms with Crippen LogP contribution >= 0.6 is 0 Å². The van der Waals surface area contributed by atoms with E-state index in [1.54, 1.807) is 6.07 Å². The molecule has 0 fully saturated rings. The van der Waals surface area contributed by atoms with Crippen molar-refractivity contribution in [2.45, 2.75) is 0 Å². The van der Waals surface area contributed by atoms with Gasteiger partial charge in [-0.25, -0.2) is 0 Å². The van der Waals surface area contributed by atoms with Gasteiger partial charge in [-0.05, 0) is 18.6 Å². The summed E-state index contributed by atoms with van der Waals surface area (Å²) in [6, 6.07) is 3.11. The SMILES string of the molecule is [CH2]c1ccc(C=C(F)F)nc1. The van der Waals surface area contributed by atoms with Crippen molar-refractivity contribution in [2.24, 2.45) is 0 Å². The zero-order chi connectivity index (χ0) is 8.27. The minimum atomic E-state index is -1.74. The van der Waals surface area contributed by atoms with Crippen LogP contribution in [0.3, 0.4) is 0 Å². The first-order valence-corrected chi connectivity index (χ1v) is 2.99. The second-order valence-electron chi connectivity index (χ2n) is 2.03. The zero-order valence-corrected chi connectivity index (χ0v) is 5.72. The summed E-state index contributed by atoms with van der Waals surface area (Å²) < 4.78 is 23.3. The molecular weight excluding hydrogens is 148 g/mol. The minimum absolute atomic E-state index is 0.248. The maximum atomic E-state index is 11.6. The molecule has 1 nitrogen and oxygen atoms in total. The van der Waals surface area contributed by atoms with Gasteiger partial charge >= 0.3 is 0 Å². The number of nitrogens with zero attached hydrogens (tertiary/aromatic N) is 1. The van der Waals surface area contributed by atoms with E-state index in [0.29, 0.717) is 11.6 Å². The van der Waals surface area contributed by atoms with Crippen LogP contribution in [-0.4, -0.2) is 4.98 Å². The molecule has 0 spiro atoms. The first kappa shape index (κ1) is 7.85. The number of rotatable bonds is 1. The third kappa shape index (κ3) is 2.45. The average molecular weight is 154 g/mol. The number of halogens is 2. The monoisotopic (exact) mass is 154 g/mol. The lowest BCUT2D eigenvalue weighted by Gasteiger charge is -1.91. The molecule has 1 aromatic heterocycles. The number of hydrogen-bond acceptors (Lipinski definition) is 1. The fourth-order valence-electron chi connectivity index (χ4n) is 0.633. The van der Waals surface area contributed by atoms with E-state index in [1.807, 2.05) is 0 Å². The Balaban J connectivity index is 2.91. The number of aromatic nitrogens is 1. The van der Waals surface area contributed by atoms with Gasteiger partial charge in [0, 0.05) is 12.3 Å². The van der Waals surface area contributed by atoms with Crippen LogP contribution < -0.4 is 0 Å². The van der Waals surface area contributed by atoms with E-state index in [0.717, 1.165) is 0 Å². The first-order valence-electron chi connectivity index (χ1n) is 2.99. The number of hydrogen-bond donors (Lipinski definition) is 0. The molecule has 0 aromatic carbocycles. The summed E-state index contributed by atoms with van der Waals surface area (Å²) in [4.78, 5) is 3.70. The highest BCUT2D eigenvalue weighted by molar-refractivity contribution is 5.45. The Morgan fingerprint density at radius 1 is 1.45 bits per heavy atom. The van der Waals surface area contributed by atoms with Gasteiger partial charge in [-0.1, -0.05) is 6.07 Å². The van der Waals surface area contributed by atoms with Crippen molar-refractivity contribution in [3.63, 3.8) is 0 Å². The van der Waals surface area contributed by atoms with Gasteiger partial charge in [0.2, 0.25) is 0 Å². The lowest BCUT2D eigenvalue weighted by Crippen LogP contribution is -1.80. The zero-order valence-electron chi connectivity index (χ0n) is 5.72. The van der Waals surface area contributed by atoms with Crippen molar-refractivity contribution in [3.8, 4) is 0 Å². The Kier molecular flexibility index (Phi) is 2.31. The van der Waals surface area contributed by atoms with Gasteiger partial charge in [-0.15, -0.1) is 0 Å². The molecule has 11 heavy (non-hydrogen) atoms. The fourth-order valence-corrected chi connectivity index (χ4v) is 0.633. The molecule has 3 heteroatoms. The Morgan fingerprint density at radius 3 is 2.64 bits per heavy atom. The maximum Gasteiger partial charge on any atom is 0.272 e. The van der Waals surface area contributed by atoms with Crippen molar-refractivity contribution in [1.29, 1.82) is 0 Å². The quantitative estimate of drug-likeness (QED) is 0.605. The van der Waals surface area contributed by atoms with Gasteiger partial charge in [0.15, 0.2) is 0 Å². The fraction of sp³-hybridized carbons (Fsp3) is 0. The summed E-state index contributed by atoms with van der Waals surface area (Å²) in [6.07, 6.45) is 0.406. The molecule has 1 heterocycles. The second kappa shape index (κ2) is 3.23. The molecule has 57 valence electrons. The Bertz CT molecular complexity index is 260. The molecular formula is C8H6F2N. The summed E-state index contributed by atoms with van der Waals surface area (Å²) >= 11 is 0. The van der Waals surface area contributed by atoms with Crippen molar-refractivity contribution in [2.75, 3.05) is 0 Å². The Morgan fingerprint density at radius 2 is 2.18 bits per heavy atom. The first-order chi connectivity index (χ1) is 5.18. The van der Waals surface area contributed by atoms with Crippen molar-refractivity contribution < 1.29 is 8.78 Å². The van der Waals surface area contributed by atoms with Crippen molar-refractivity contribution in [3.05, 3.63) is 42.6 Å². The van der Waals surface area contributed by atoms with Gasteiger partial charge in [-0.3, -0.25) is 4.98 Å². The van der Waals surface area contributed by atoms with Gasteiger partial charge < -0.3 is 0 Å². The van der Waals surface area contributed by atoms with E-state index in [2.05, 4.69) is 11.9 Å². The van der Waals surface area contributed by atoms with E-state index >= 15 is 0 Å². The molecule has 0 N–H and O–H groups in total. The lowest BCUT2D eigenvalue weighted by atomic mass is 10.3. The van der Waals surface area contributed by atoms with Gasteiger partial charge in [0.05, 0.1) is 5.69 Å². The number of pyridine rings is 1. The summed E-state index contributed by atoms with van der Waals surface area (Å²) in [7, 11) is 0. The van der Waals surface area contributed by atoms with E-state index in [-0.39, 0.29) is 5.69 Å². The Hall–Kier alpha value is -1.25. The molecule has 0 unspecified atom stereocenters. The van der Waals surface area contributed by atoms with Crippen LogP contribution in [0.25, 0.3) is 6.08 Å². The molecule has 1 rings (SSSR count). The van der Waals surface area contributed by atoms with Gasteiger partial charge in [0.25, 0.3) is 6.08 Å². The molecule has 0 aliphatic rings. The van der Waals surface area contributed by atoms with E-state index < -0.39 is 6.08 Å². The smallest absolute Gasteiger partial charge is 0.256 e. The highest BCUT2D eigenvalue weighted by Crippen LogP contribution is 2.06. The molecule has 0 aliphatic heterocycles. The van der Waals surface area contributed by atoms with E-state index in [4.69, 9.17) is 0 Å². The topological polar surface area (TPSA) is 12.9 Å². The molecule has 0 bridgehead atoms. The van der Waals surface area contributed by atoms with Crippen LogP contribution in [0, 0.1) is 6.92 Å². The predicted molar refractivity (Wildman–Crippen MR) is 38.9 cm³/mol. The molecule has 0 amide bonds. The van der Waals surface area contributed by atoms with Gasteiger partial charge in [0.1, 0.15) is 0 Å². The summed E-state index contributed by atoms with van der Waals surface area (Å²) in [5, 5.41) is 0. The van der Waals surface area contributed by atoms with Crippen molar-refractivity contribution >= 4 is 6.08 Å². The standard InChI is InChI=1S/C8H6F2N/c1-6-2-3-7(11-5-6)4-8(9)10/h2-5H,1H2. The normalized spacial score (nSPS) is 9.36. The highest BCUT2D eigenvalue weighted by atomic mass is 19.3. The summed E-state index contributed by atoms with van der Waals surface area (Å²) in [5.41, 5.74) is 0.957. The third-order valence-corrected chi connectivity index (χ3v) is 1.10. The average Bonchev–Trinajstić information content (AvgIpc) is 1.93. The third-order valence-electron chi connectivity index (χ3n) is 1.10. The minimum Gasteiger partial charge on any atom is -0.256 e. The molecule has 0 atom stereocenters. The lowest BCUT2D eigenvalue weighted by molar-refractivity contribution is 0.429. The highest BCUT2D eigenvalue weighted by Gasteiger charge is 1.92. The van der Waals surface area contributed by atoms with Crippen LogP contribution in [0.1, 0.15) is 11.3 Å². The second-order valence-corrected chi connectivity index (χ2v) is 2.03. The predicted octanol–water partition coefficient (Wildman–Crippen LogP) is 2.50. The molecule has 0 saturated heterocycles. The van der Waals surface area contributed by atoms with E-state index in [9.17, 15) is 8.78 Å². The van der Waals surface area contributed by atoms with Crippen LogP contribution in [0.4, 0.5) is 8.78 Å². The maximum absolute atomic E-state index is 11.6. The summed E-state index contributed by atoms with van der Waals surface area (Å²) in [6.45, 7) is 3.57. The van der Waals surface area contributed by atoms with Crippen LogP contribution in [0.15, 0.2) is 24.4 Å². The van der Waals surface area contributed by atoms with Crippen LogP contribution in [0.2, 0.25) is 0 Å². The van der Waals surface area contributed by atoms with Crippen LogP contribution in [0.5, 0.6) is 0 Å². The molecule has 1 aromatic rings. The van der Waals surface area contributed by atoms with Gasteiger partial charge in [-0.2, -0.15) is 8.78 Å². The molecule has 0 saturated carbocycles. The summed E-state index contributed by atoms with van der Waals surface area (Å²) in [5.74, 6) is 0. The Labute approximate surface area is 63.4 Å². The van der Waals surface area contributed by atoms with E-state index in [1.165, 1.54) is 12.3 Å². The molecule has 0 aliphatic carbocycles. The largest absolute Gasteiger partial charge is 0.272 e. The molecule has 1 radical (unpaired) electrons.